The summed E-state index contributed by atoms with van der Waals surface area (Å²) in [6.07, 6.45) is 1.95. The standard InChI is InChI=1S/C13H21N3O5/c17-11(18)7-10(12(19)20)14-13(21)16-5-3-15(4-6-16)8-9-1-2-9/h9-10H,1-8H2,(H,14,21)(H,17,18)(H,19,20). The Morgan fingerprint density at radius 1 is 1.10 bits per heavy atom. The van der Waals surface area contributed by atoms with Gasteiger partial charge in [-0.15, -0.1) is 0 Å². The first-order valence-electron chi connectivity index (χ1n) is 7.18. The molecule has 1 saturated carbocycles. The van der Waals surface area contributed by atoms with Gasteiger partial charge in [-0.1, -0.05) is 0 Å². The molecule has 2 rings (SSSR count). The Morgan fingerprint density at radius 3 is 2.19 bits per heavy atom. The zero-order valence-corrected chi connectivity index (χ0v) is 11.8. The number of carboxylic acids is 2. The van der Waals surface area contributed by atoms with Gasteiger partial charge in [0.2, 0.25) is 0 Å². The van der Waals surface area contributed by atoms with Crippen molar-refractivity contribution in [3.05, 3.63) is 0 Å². The molecule has 1 saturated heterocycles. The number of aliphatic carboxylic acids is 2. The van der Waals surface area contributed by atoms with E-state index in [1.54, 1.807) is 4.90 Å². The Balaban J connectivity index is 1.77. The SMILES string of the molecule is O=C(O)CC(NC(=O)N1CCN(CC2CC2)CC1)C(=O)O. The summed E-state index contributed by atoms with van der Waals surface area (Å²) in [6.45, 7) is 3.71. The van der Waals surface area contributed by atoms with Crippen LogP contribution in [0.25, 0.3) is 0 Å². The molecule has 8 heteroatoms. The number of carbonyl (C=O) groups is 3. The van der Waals surface area contributed by atoms with Crippen LogP contribution in [0, 0.1) is 5.92 Å². The van der Waals surface area contributed by atoms with Crippen molar-refractivity contribution >= 4 is 18.0 Å². The van der Waals surface area contributed by atoms with E-state index in [0.29, 0.717) is 13.1 Å². The van der Waals surface area contributed by atoms with Gasteiger partial charge in [-0.25, -0.2) is 9.59 Å². The van der Waals surface area contributed by atoms with Crippen molar-refractivity contribution < 1.29 is 24.6 Å². The second kappa shape index (κ2) is 6.75. The summed E-state index contributed by atoms with van der Waals surface area (Å²) in [5.41, 5.74) is 0. The molecule has 1 heterocycles. The highest BCUT2D eigenvalue weighted by Gasteiger charge is 2.29. The van der Waals surface area contributed by atoms with Gasteiger partial charge in [0, 0.05) is 32.7 Å². The van der Waals surface area contributed by atoms with Crippen molar-refractivity contribution in [3.63, 3.8) is 0 Å². The molecule has 118 valence electrons. The Morgan fingerprint density at radius 2 is 1.71 bits per heavy atom. The van der Waals surface area contributed by atoms with E-state index in [9.17, 15) is 14.4 Å². The smallest absolute Gasteiger partial charge is 0.326 e. The molecule has 0 radical (unpaired) electrons. The number of piperazine rings is 1. The van der Waals surface area contributed by atoms with Gasteiger partial charge in [0.05, 0.1) is 6.42 Å². The summed E-state index contributed by atoms with van der Waals surface area (Å²) in [6, 6.07) is -1.89. The summed E-state index contributed by atoms with van der Waals surface area (Å²) >= 11 is 0. The predicted octanol–water partition coefficient (Wildman–Crippen LogP) is -0.348. The van der Waals surface area contributed by atoms with Crippen LogP contribution in [0.15, 0.2) is 0 Å². The molecular formula is C13H21N3O5. The third-order valence-corrected chi connectivity index (χ3v) is 3.85. The van der Waals surface area contributed by atoms with Gasteiger partial charge in [-0.05, 0) is 18.8 Å². The fourth-order valence-corrected chi connectivity index (χ4v) is 2.41. The molecule has 3 N–H and O–H groups in total. The van der Waals surface area contributed by atoms with Crippen LogP contribution in [0.2, 0.25) is 0 Å². The molecule has 0 aromatic heterocycles. The Labute approximate surface area is 122 Å². The highest BCUT2D eigenvalue weighted by Crippen LogP contribution is 2.29. The molecule has 1 unspecified atom stereocenters. The average molecular weight is 299 g/mol. The number of hydrogen-bond donors (Lipinski definition) is 3. The van der Waals surface area contributed by atoms with E-state index in [1.165, 1.54) is 12.8 Å². The molecule has 1 aliphatic heterocycles. The number of urea groups is 1. The third kappa shape index (κ3) is 4.89. The summed E-state index contributed by atoms with van der Waals surface area (Å²) in [7, 11) is 0. The minimum atomic E-state index is -1.39. The lowest BCUT2D eigenvalue weighted by Crippen LogP contribution is -2.55. The topological polar surface area (TPSA) is 110 Å². The maximum absolute atomic E-state index is 12.0. The summed E-state index contributed by atoms with van der Waals surface area (Å²) in [5, 5.41) is 19.8. The van der Waals surface area contributed by atoms with Crippen molar-refractivity contribution in [2.75, 3.05) is 32.7 Å². The molecule has 2 amide bonds. The molecule has 1 atom stereocenters. The van der Waals surface area contributed by atoms with Crippen molar-refractivity contribution in [2.24, 2.45) is 5.92 Å². The number of nitrogens with zero attached hydrogens (tertiary/aromatic N) is 2. The number of nitrogens with one attached hydrogen (secondary N) is 1. The number of rotatable bonds is 6. The molecule has 1 aliphatic carbocycles. The maximum atomic E-state index is 12.0. The van der Waals surface area contributed by atoms with E-state index in [0.717, 1.165) is 25.6 Å². The Hall–Kier alpha value is -1.83. The molecule has 8 nitrogen and oxygen atoms in total. The molecule has 0 spiro atoms. The van der Waals surface area contributed by atoms with E-state index < -0.39 is 30.4 Å². The van der Waals surface area contributed by atoms with E-state index in [2.05, 4.69) is 10.2 Å². The second-order valence-corrected chi connectivity index (χ2v) is 5.67. The quantitative estimate of drug-likeness (QED) is 0.618. The van der Waals surface area contributed by atoms with Gasteiger partial charge in [0.15, 0.2) is 0 Å². The van der Waals surface area contributed by atoms with Gasteiger partial charge in [-0.2, -0.15) is 0 Å². The van der Waals surface area contributed by atoms with Crippen LogP contribution in [0.5, 0.6) is 0 Å². The van der Waals surface area contributed by atoms with Crippen LogP contribution in [0.3, 0.4) is 0 Å². The molecule has 0 aromatic carbocycles. The maximum Gasteiger partial charge on any atom is 0.326 e. The third-order valence-electron chi connectivity index (χ3n) is 3.85. The van der Waals surface area contributed by atoms with Gasteiger partial charge in [0.1, 0.15) is 6.04 Å². The Kier molecular flexibility index (Phi) is 5.00. The van der Waals surface area contributed by atoms with E-state index in [1.807, 2.05) is 0 Å². The second-order valence-electron chi connectivity index (χ2n) is 5.67. The van der Waals surface area contributed by atoms with E-state index >= 15 is 0 Å². The zero-order valence-electron chi connectivity index (χ0n) is 11.8. The van der Waals surface area contributed by atoms with Crippen LogP contribution in [0.4, 0.5) is 4.79 Å². The summed E-state index contributed by atoms with van der Waals surface area (Å²) in [5.74, 6) is -1.78. The zero-order chi connectivity index (χ0) is 15.4. The lowest BCUT2D eigenvalue weighted by Gasteiger charge is -2.35. The lowest BCUT2D eigenvalue weighted by atomic mass is 10.2. The van der Waals surface area contributed by atoms with E-state index in [-0.39, 0.29) is 0 Å². The van der Waals surface area contributed by atoms with Crippen LogP contribution >= 0.6 is 0 Å². The molecule has 0 aromatic rings. The number of hydrogen-bond acceptors (Lipinski definition) is 4. The van der Waals surface area contributed by atoms with Gasteiger partial charge < -0.3 is 20.4 Å². The van der Waals surface area contributed by atoms with Gasteiger partial charge in [-0.3, -0.25) is 9.69 Å². The number of amides is 2. The highest BCUT2D eigenvalue weighted by atomic mass is 16.4. The monoisotopic (exact) mass is 299 g/mol. The molecular weight excluding hydrogens is 278 g/mol. The average Bonchev–Trinajstić information content (AvgIpc) is 3.22. The van der Waals surface area contributed by atoms with Gasteiger partial charge in [0.25, 0.3) is 0 Å². The normalized spacial score (nSPS) is 20.9. The molecule has 21 heavy (non-hydrogen) atoms. The number of carboxylic acid groups (broad SMARTS) is 2. The van der Waals surface area contributed by atoms with Crippen molar-refractivity contribution in [1.29, 1.82) is 0 Å². The largest absolute Gasteiger partial charge is 0.481 e. The summed E-state index contributed by atoms with van der Waals surface area (Å²) < 4.78 is 0. The fourth-order valence-electron chi connectivity index (χ4n) is 2.41. The summed E-state index contributed by atoms with van der Waals surface area (Å²) in [4.78, 5) is 37.3. The molecule has 2 fully saturated rings. The predicted molar refractivity (Wildman–Crippen MR) is 72.9 cm³/mol. The van der Waals surface area contributed by atoms with Crippen LogP contribution in [0.1, 0.15) is 19.3 Å². The first kappa shape index (κ1) is 15.6. The van der Waals surface area contributed by atoms with E-state index in [4.69, 9.17) is 10.2 Å². The first-order valence-corrected chi connectivity index (χ1v) is 7.18. The highest BCUT2D eigenvalue weighted by molar-refractivity contribution is 5.86. The van der Waals surface area contributed by atoms with Crippen molar-refractivity contribution in [1.82, 2.24) is 15.1 Å². The Bertz CT molecular complexity index is 416. The first-order chi connectivity index (χ1) is 9.95. The minimum absolute atomic E-state index is 0.505. The van der Waals surface area contributed by atoms with Gasteiger partial charge >= 0.3 is 18.0 Å². The number of carbonyl (C=O) groups excluding carboxylic acids is 1. The fraction of sp³-hybridized carbons (Fsp3) is 0.769. The minimum Gasteiger partial charge on any atom is -0.481 e. The molecule has 2 aliphatic rings. The van der Waals surface area contributed by atoms with Crippen LogP contribution < -0.4 is 5.32 Å². The lowest BCUT2D eigenvalue weighted by molar-refractivity contribution is -0.145. The van der Waals surface area contributed by atoms with Crippen molar-refractivity contribution in [2.45, 2.75) is 25.3 Å². The van der Waals surface area contributed by atoms with Crippen LogP contribution in [-0.2, 0) is 9.59 Å². The van der Waals surface area contributed by atoms with Crippen LogP contribution in [-0.4, -0.2) is 76.7 Å². The van der Waals surface area contributed by atoms with Crippen molar-refractivity contribution in [3.8, 4) is 0 Å². The molecule has 0 bridgehead atoms.